The van der Waals surface area contributed by atoms with Crippen LogP contribution in [0.15, 0.2) is 40.8 Å². The fourth-order valence-corrected chi connectivity index (χ4v) is 3.75. The fraction of sp³-hybridized carbons (Fsp3) is 0.500. The molecule has 0 aromatic heterocycles. The standard InChI is InChI=1S/C18H26FN5O3S/c1-14(2)21-22-23(3)12-16(27-13-25)11-20-15-4-5-18(17(19)10-15)24-6-8-28(26)9-7-24/h4-5,10,13,16,20H,1,6-9,11-12H2,2-3H3. The first-order chi connectivity index (χ1) is 13.4. The van der Waals surface area contributed by atoms with Gasteiger partial charge < -0.3 is 15.0 Å². The number of hydrogen-bond acceptors (Lipinski definition) is 7. The summed E-state index contributed by atoms with van der Waals surface area (Å²) in [7, 11) is 0.894. The van der Waals surface area contributed by atoms with Crippen molar-refractivity contribution in [3.05, 3.63) is 36.3 Å². The van der Waals surface area contributed by atoms with Gasteiger partial charge in [-0.15, -0.1) is 5.11 Å². The Morgan fingerprint density at radius 1 is 1.50 bits per heavy atom. The maximum atomic E-state index is 14.5. The van der Waals surface area contributed by atoms with E-state index in [0.717, 1.165) is 0 Å². The number of benzene rings is 1. The number of carbonyl (C=O) groups excluding carboxylic acids is 1. The highest BCUT2D eigenvalue weighted by molar-refractivity contribution is 7.85. The Morgan fingerprint density at radius 2 is 2.21 bits per heavy atom. The minimum Gasteiger partial charge on any atom is -0.461 e. The summed E-state index contributed by atoms with van der Waals surface area (Å²) >= 11 is 0. The molecule has 1 aliphatic heterocycles. The van der Waals surface area contributed by atoms with Gasteiger partial charge in [0.2, 0.25) is 0 Å². The molecule has 0 aliphatic carbocycles. The maximum absolute atomic E-state index is 14.5. The number of rotatable bonds is 10. The van der Waals surface area contributed by atoms with Crippen molar-refractivity contribution < 1.29 is 18.1 Å². The number of ether oxygens (including phenoxy) is 1. The lowest BCUT2D eigenvalue weighted by atomic mass is 10.2. The predicted octanol–water partition coefficient (Wildman–Crippen LogP) is 2.18. The van der Waals surface area contributed by atoms with Gasteiger partial charge in [-0.25, -0.2) is 4.39 Å². The molecule has 0 radical (unpaired) electrons. The van der Waals surface area contributed by atoms with Crippen molar-refractivity contribution in [1.82, 2.24) is 5.01 Å². The van der Waals surface area contributed by atoms with Crippen LogP contribution in [0.1, 0.15) is 6.92 Å². The molecule has 0 bridgehead atoms. The van der Waals surface area contributed by atoms with Crippen molar-refractivity contribution in [3.63, 3.8) is 0 Å². The first-order valence-electron chi connectivity index (χ1n) is 8.89. The molecule has 1 fully saturated rings. The van der Waals surface area contributed by atoms with Gasteiger partial charge >= 0.3 is 0 Å². The van der Waals surface area contributed by atoms with Crippen molar-refractivity contribution >= 4 is 28.6 Å². The minimum atomic E-state index is -0.808. The zero-order chi connectivity index (χ0) is 20.5. The normalized spacial score (nSPS) is 16.0. The summed E-state index contributed by atoms with van der Waals surface area (Å²) in [5.41, 5.74) is 1.64. The Morgan fingerprint density at radius 3 is 2.82 bits per heavy atom. The van der Waals surface area contributed by atoms with E-state index >= 15 is 0 Å². The summed E-state index contributed by atoms with van der Waals surface area (Å²) in [6.07, 6.45) is -0.494. The SMILES string of the molecule is C=C(C)N=NN(C)CC(CNc1ccc(N2CCS(=O)CC2)c(F)c1)OC=O. The molecular weight excluding hydrogens is 385 g/mol. The van der Waals surface area contributed by atoms with Crippen LogP contribution in [0, 0.1) is 5.82 Å². The van der Waals surface area contributed by atoms with Crippen LogP contribution in [-0.2, 0) is 20.3 Å². The average molecular weight is 412 g/mol. The molecule has 154 valence electrons. The van der Waals surface area contributed by atoms with Crippen molar-refractivity contribution in [3.8, 4) is 0 Å². The minimum absolute atomic E-state index is 0.285. The van der Waals surface area contributed by atoms with Crippen LogP contribution in [0.3, 0.4) is 0 Å². The molecule has 1 N–H and O–H groups in total. The van der Waals surface area contributed by atoms with E-state index < -0.39 is 16.9 Å². The summed E-state index contributed by atoms with van der Waals surface area (Å²) in [6, 6.07) is 4.88. The van der Waals surface area contributed by atoms with Crippen molar-refractivity contribution in [2.24, 2.45) is 10.3 Å². The zero-order valence-corrected chi connectivity index (χ0v) is 17.0. The number of allylic oxidation sites excluding steroid dienone is 1. The third kappa shape index (κ3) is 6.91. The molecule has 1 atom stereocenters. The second kappa shape index (κ2) is 10.7. The first kappa shape index (κ1) is 21.8. The van der Waals surface area contributed by atoms with Crippen LogP contribution in [0.25, 0.3) is 0 Å². The van der Waals surface area contributed by atoms with Crippen LogP contribution in [-0.4, -0.2) is 66.5 Å². The van der Waals surface area contributed by atoms with E-state index in [1.54, 1.807) is 26.1 Å². The zero-order valence-electron chi connectivity index (χ0n) is 16.1. The van der Waals surface area contributed by atoms with Gasteiger partial charge in [0.25, 0.3) is 6.47 Å². The number of halogens is 1. The summed E-state index contributed by atoms with van der Waals surface area (Å²) in [5.74, 6) is 0.763. The Bertz CT molecular complexity index is 736. The predicted molar refractivity (Wildman–Crippen MR) is 108 cm³/mol. The van der Waals surface area contributed by atoms with Gasteiger partial charge in [-0.05, 0) is 25.1 Å². The van der Waals surface area contributed by atoms with E-state index in [2.05, 4.69) is 22.2 Å². The second-order valence-electron chi connectivity index (χ2n) is 6.50. The quantitative estimate of drug-likeness (QED) is 0.361. The topological polar surface area (TPSA) is 86.6 Å². The van der Waals surface area contributed by atoms with Crippen molar-refractivity contribution in [2.75, 3.05) is 54.9 Å². The highest BCUT2D eigenvalue weighted by Gasteiger charge is 2.19. The van der Waals surface area contributed by atoms with E-state index in [1.165, 1.54) is 11.1 Å². The van der Waals surface area contributed by atoms with E-state index in [4.69, 9.17) is 4.74 Å². The molecule has 0 spiro atoms. The lowest BCUT2D eigenvalue weighted by Crippen LogP contribution is -2.38. The van der Waals surface area contributed by atoms with Crippen molar-refractivity contribution in [1.29, 1.82) is 0 Å². The lowest BCUT2D eigenvalue weighted by Gasteiger charge is -2.29. The van der Waals surface area contributed by atoms with Gasteiger partial charge in [0, 0.05) is 48.1 Å². The molecule has 2 rings (SSSR count). The van der Waals surface area contributed by atoms with Crippen LogP contribution in [0.5, 0.6) is 0 Å². The van der Waals surface area contributed by atoms with Gasteiger partial charge in [0.15, 0.2) is 0 Å². The second-order valence-corrected chi connectivity index (χ2v) is 8.20. The molecule has 1 unspecified atom stereocenters. The highest BCUT2D eigenvalue weighted by atomic mass is 32.2. The third-order valence-electron chi connectivity index (χ3n) is 4.08. The highest BCUT2D eigenvalue weighted by Crippen LogP contribution is 2.24. The van der Waals surface area contributed by atoms with E-state index in [1.807, 2.05) is 4.90 Å². The molecule has 1 aliphatic rings. The van der Waals surface area contributed by atoms with Gasteiger partial charge in [-0.3, -0.25) is 14.0 Å². The fourth-order valence-electron chi connectivity index (χ4n) is 2.70. The number of nitrogens with zero attached hydrogens (tertiary/aromatic N) is 4. The largest absolute Gasteiger partial charge is 0.461 e. The molecule has 0 saturated carbocycles. The van der Waals surface area contributed by atoms with Gasteiger partial charge in [0.05, 0.1) is 24.5 Å². The molecule has 28 heavy (non-hydrogen) atoms. The number of hydrogen-bond donors (Lipinski definition) is 1. The van der Waals surface area contributed by atoms with E-state index in [9.17, 15) is 13.4 Å². The molecule has 1 heterocycles. The van der Waals surface area contributed by atoms with Crippen LogP contribution in [0.4, 0.5) is 15.8 Å². The molecule has 1 aromatic rings. The Balaban J connectivity index is 1.93. The Kier molecular flexibility index (Phi) is 8.37. The molecule has 8 nitrogen and oxygen atoms in total. The molecule has 0 amide bonds. The molecule has 1 saturated heterocycles. The smallest absolute Gasteiger partial charge is 0.293 e. The molecule has 1 aromatic carbocycles. The monoisotopic (exact) mass is 411 g/mol. The molecule has 10 heteroatoms. The number of nitrogens with one attached hydrogen (secondary N) is 1. The van der Waals surface area contributed by atoms with Crippen LogP contribution >= 0.6 is 0 Å². The van der Waals surface area contributed by atoms with Crippen LogP contribution in [0.2, 0.25) is 0 Å². The first-order valence-corrected chi connectivity index (χ1v) is 10.4. The maximum Gasteiger partial charge on any atom is 0.293 e. The number of carbonyl (C=O) groups is 1. The summed E-state index contributed by atoms with van der Waals surface area (Å²) in [6.45, 7) is 7.49. The van der Waals surface area contributed by atoms with Crippen molar-refractivity contribution in [2.45, 2.75) is 13.0 Å². The summed E-state index contributed by atoms with van der Waals surface area (Å²) in [5, 5.41) is 12.4. The van der Waals surface area contributed by atoms with E-state index in [0.29, 0.717) is 54.7 Å². The Labute approximate surface area is 166 Å². The summed E-state index contributed by atoms with van der Waals surface area (Å²) < 4.78 is 31.0. The van der Waals surface area contributed by atoms with Crippen LogP contribution < -0.4 is 10.2 Å². The third-order valence-corrected chi connectivity index (χ3v) is 5.36. The summed E-state index contributed by atoms with van der Waals surface area (Å²) in [4.78, 5) is 12.7. The van der Waals surface area contributed by atoms with Gasteiger partial charge in [-0.2, -0.15) is 0 Å². The van der Waals surface area contributed by atoms with Gasteiger partial charge in [0.1, 0.15) is 11.9 Å². The molecular formula is C18H26FN5O3S. The van der Waals surface area contributed by atoms with E-state index in [-0.39, 0.29) is 12.4 Å². The van der Waals surface area contributed by atoms with Gasteiger partial charge in [-0.1, -0.05) is 11.8 Å². The lowest BCUT2D eigenvalue weighted by molar-refractivity contribution is -0.133. The Hall–Kier alpha value is -2.49. The average Bonchev–Trinajstić information content (AvgIpc) is 2.65. The number of likely N-dealkylation sites (N-methyl/N-ethyl adjacent to an activating group) is 1. The number of anilines is 2.